The number of imidazole rings is 1. The van der Waals surface area contributed by atoms with E-state index in [-0.39, 0.29) is 29.4 Å². The van der Waals surface area contributed by atoms with Crippen molar-refractivity contribution < 1.29 is 31.1 Å². The fraction of sp³-hybridized carbons (Fsp3) is 0.333. The summed E-state index contributed by atoms with van der Waals surface area (Å²) in [5.74, 6) is 0.456. The third kappa shape index (κ3) is 2.64. The lowest BCUT2D eigenvalue weighted by atomic mass is 10.3. The topological polar surface area (TPSA) is 61.1 Å². The van der Waals surface area contributed by atoms with Crippen LogP contribution >= 0.6 is 0 Å². The van der Waals surface area contributed by atoms with Gasteiger partial charge in [0.05, 0.1) is 13.7 Å². The van der Waals surface area contributed by atoms with Gasteiger partial charge in [0.25, 0.3) is 5.91 Å². The first-order chi connectivity index (χ1) is 8.15. The number of carbonyl (C=O) groups is 1. The predicted octanol–water partition coefficient (Wildman–Crippen LogP) is -2.55. The number of nitrogens with zero attached hydrogens (tertiary/aromatic N) is 2. The molecule has 0 aliphatic carbocycles. The van der Waals surface area contributed by atoms with E-state index >= 15 is 0 Å². The van der Waals surface area contributed by atoms with Crippen molar-refractivity contribution in [3.63, 3.8) is 0 Å². The molecule has 98 valence electrons. The molecule has 2 rings (SSSR count). The van der Waals surface area contributed by atoms with E-state index in [0.717, 1.165) is 23.3 Å². The number of rotatable bonds is 4. The van der Waals surface area contributed by atoms with Gasteiger partial charge in [-0.1, -0.05) is 0 Å². The quantitative estimate of drug-likeness (QED) is 0.632. The molecule has 1 aromatic carbocycles. The Labute approximate surface area is 116 Å². The molecule has 0 bridgehead atoms. The van der Waals surface area contributed by atoms with Gasteiger partial charge in [-0.15, -0.1) is 0 Å². The third-order valence-electron chi connectivity index (χ3n) is 2.75. The molecule has 1 aromatic heterocycles. The number of aromatic nitrogens is 2. The van der Waals surface area contributed by atoms with Crippen molar-refractivity contribution in [3.05, 3.63) is 24.5 Å². The molecule has 0 saturated carbocycles. The van der Waals surface area contributed by atoms with Crippen LogP contribution in [-0.4, -0.2) is 17.6 Å². The summed E-state index contributed by atoms with van der Waals surface area (Å²) in [4.78, 5) is 11.0. The zero-order chi connectivity index (χ0) is 12.4. The summed E-state index contributed by atoms with van der Waals surface area (Å²) >= 11 is 0. The summed E-state index contributed by atoms with van der Waals surface area (Å²) in [7, 11) is 1.64. The van der Waals surface area contributed by atoms with Crippen molar-refractivity contribution in [2.75, 3.05) is 7.11 Å². The summed E-state index contributed by atoms with van der Waals surface area (Å²) in [6, 6.07) is 5.76. The minimum atomic E-state index is -0.346. The fourth-order valence-electron chi connectivity index (χ4n) is 1.94. The van der Waals surface area contributed by atoms with Gasteiger partial charge in [-0.2, -0.15) is 0 Å². The van der Waals surface area contributed by atoms with Crippen LogP contribution in [0.5, 0.6) is 5.75 Å². The second kappa shape index (κ2) is 5.86. The Morgan fingerprint density at radius 3 is 2.78 bits per heavy atom. The molecule has 2 aromatic rings. The summed E-state index contributed by atoms with van der Waals surface area (Å²) in [5.41, 5.74) is 7.24. The van der Waals surface area contributed by atoms with Crippen LogP contribution in [0.1, 0.15) is 6.92 Å². The number of hydrogen-bond donors (Lipinski definition) is 1. The third-order valence-corrected chi connectivity index (χ3v) is 2.75. The van der Waals surface area contributed by atoms with E-state index in [1.165, 1.54) is 0 Å². The Morgan fingerprint density at radius 2 is 2.22 bits per heavy atom. The lowest BCUT2D eigenvalue weighted by Gasteiger charge is -1.98. The summed E-state index contributed by atoms with van der Waals surface area (Å²) in [6.07, 6.45) is 1.90. The highest BCUT2D eigenvalue weighted by Crippen LogP contribution is 2.18. The Bertz CT molecular complexity index is 566. The Hall–Kier alpha value is -1.56. The largest absolute Gasteiger partial charge is 1.00 e. The molecule has 18 heavy (non-hydrogen) atoms. The molecule has 0 radical (unpaired) electrons. The van der Waals surface area contributed by atoms with Crippen LogP contribution in [0.25, 0.3) is 11.0 Å². The standard InChI is InChI=1S/C12H15N3O2.BrH/c1-3-14-8-15(7-12(13)16)10-5-4-9(17-2)6-11(10)14;/h4-6,8H,3,7H2,1-2H3,(H-,13,16);1H. The van der Waals surface area contributed by atoms with Crippen LogP contribution in [-0.2, 0) is 17.9 Å². The van der Waals surface area contributed by atoms with Gasteiger partial charge in [0.2, 0.25) is 6.33 Å². The second-order valence-electron chi connectivity index (χ2n) is 3.85. The van der Waals surface area contributed by atoms with Gasteiger partial charge in [-0.3, -0.25) is 4.79 Å². The number of halogens is 1. The van der Waals surface area contributed by atoms with Crippen molar-refractivity contribution in [2.45, 2.75) is 20.0 Å². The molecule has 1 heterocycles. The summed E-state index contributed by atoms with van der Waals surface area (Å²) in [5, 5.41) is 0. The van der Waals surface area contributed by atoms with Crippen LogP contribution in [0.15, 0.2) is 24.5 Å². The number of nitrogens with two attached hydrogens (primary N) is 1. The normalized spacial score (nSPS) is 10.1. The average molecular weight is 314 g/mol. The number of ether oxygens (including phenoxy) is 1. The molecular formula is C12H16BrN3O2. The number of amides is 1. The Balaban J connectivity index is 0.00000162. The summed E-state index contributed by atoms with van der Waals surface area (Å²) in [6.45, 7) is 3.07. The first-order valence-corrected chi connectivity index (χ1v) is 5.50. The van der Waals surface area contributed by atoms with Gasteiger partial charge in [-0.05, 0) is 19.1 Å². The number of carbonyl (C=O) groups excluding carboxylic acids is 1. The zero-order valence-corrected chi connectivity index (χ0v) is 12.0. The van der Waals surface area contributed by atoms with Crippen molar-refractivity contribution >= 4 is 16.9 Å². The van der Waals surface area contributed by atoms with Crippen molar-refractivity contribution in [1.29, 1.82) is 0 Å². The van der Waals surface area contributed by atoms with Gasteiger partial charge in [0.15, 0.2) is 17.6 Å². The number of benzene rings is 1. The van der Waals surface area contributed by atoms with Crippen LogP contribution in [0.3, 0.4) is 0 Å². The SMILES string of the molecule is CCn1c[n+](CC(N)=O)c2ccc(OC)cc21.[Br-]. The maximum Gasteiger partial charge on any atom is 0.259 e. The molecule has 2 N–H and O–H groups in total. The number of aryl methyl sites for hydroxylation is 1. The number of fused-ring (bicyclic) bond motifs is 1. The van der Waals surface area contributed by atoms with Crippen LogP contribution in [0.4, 0.5) is 0 Å². The number of hydrogen-bond acceptors (Lipinski definition) is 2. The van der Waals surface area contributed by atoms with E-state index in [2.05, 4.69) is 4.57 Å². The van der Waals surface area contributed by atoms with E-state index in [1.54, 1.807) is 7.11 Å². The van der Waals surface area contributed by atoms with E-state index in [1.807, 2.05) is 36.0 Å². The maximum atomic E-state index is 11.0. The number of methoxy groups -OCH3 is 1. The van der Waals surface area contributed by atoms with E-state index in [9.17, 15) is 4.79 Å². The molecule has 0 unspecified atom stereocenters. The molecule has 5 nitrogen and oxygen atoms in total. The van der Waals surface area contributed by atoms with Crippen LogP contribution < -0.4 is 32.0 Å². The smallest absolute Gasteiger partial charge is 0.259 e. The van der Waals surface area contributed by atoms with Crippen molar-refractivity contribution in [1.82, 2.24) is 4.57 Å². The molecule has 0 fully saturated rings. The summed E-state index contributed by atoms with van der Waals surface area (Å²) < 4.78 is 9.10. The van der Waals surface area contributed by atoms with Gasteiger partial charge in [0, 0.05) is 6.07 Å². The van der Waals surface area contributed by atoms with E-state index < -0.39 is 0 Å². The Kier molecular flexibility index (Phi) is 4.72. The molecule has 1 amide bonds. The Morgan fingerprint density at radius 1 is 1.50 bits per heavy atom. The number of primary amides is 1. The van der Waals surface area contributed by atoms with E-state index in [4.69, 9.17) is 10.5 Å². The minimum Gasteiger partial charge on any atom is -1.00 e. The monoisotopic (exact) mass is 313 g/mol. The zero-order valence-electron chi connectivity index (χ0n) is 10.4. The van der Waals surface area contributed by atoms with Gasteiger partial charge in [-0.25, -0.2) is 9.13 Å². The molecule has 0 spiro atoms. The average Bonchev–Trinajstić information content (AvgIpc) is 2.66. The first-order valence-electron chi connectivity index (χ1n) is 5.50. The van der Waals surface area contributed by atoms with Gasteiger partial charge >= 0.3 is 0 Å². The first kappa shape index (κ1) is 14.5. The molecule has 0 saturated heterocycles. The van der Waals surface area contributed by atoms with Crippen molar-refractivity contribution in [3.8, 4) is 5.75 Å². The molecule has 0 aliphatic heterocycles. The minimum absolute atomic E-state index is 0. The van der Waals surface area contributed by atoms with Gasteiger partial charge < -0.3 is 27.5 Å². The maximum absolute atomic E-state index is 11.0. The second-order valence-corrected chi connectivity index (χ2v) is 3.85. The highest BCUT2D eigenvalue weighted by atomic mass is 79.9. The lowest BCUT2D eigenvalue weighted by molar-refractivity contribution is -0.659. The molecule has 0 atom stereocenters. The molecular weight excluding hydrogens is 298 g/mol. The molecule has 6 heteroatoms. The van der Waals surface area contributed by atoms with Crippen LogP contribution in [0, 0.1) is 0 Å². The predicted molar refractivity (Wildman–Crippen MR) is 63.6 cm³/mol. The molecule has 0 aliphatic rings. The van der Waals surface area contributed by atoms with E-state index in [0.29, 0.717) is 0 Å². The van der Waals surface area contributed by atoms with Crippen molar-refractivity contribution in [2.24, 2.45) is 5.73 Å². The lowest BCUT2D eigenvalue weighted by Crippen LogP contribution is -3.00. The fourth-order valence-corrected chi connectivity index (χ4v) is 1.94. The van der Waals surface area contributed by atoms with Gasteiger partial charge in [0.1, 0.15) is 5.75 Å². The highest BCUT2D eigenvalue weighted by Gasteiger charge is 2.16. The highest BCUT2D eigenvalue weighted by molar-refractivity contribution is 5.76. The van der Waals surface area contributed by atoms with Crippen LogP contribution in [0.2, 0.25) is 0 Å².